The van der Waals surface area contributed by atoms with Crippen LogP contribution in [0.4, 0.5) is 6.01 Å². The number of hydrogen-bond acceptors (Lipinski definition) is 7. The second-order valence-electron chi connectivity index (χ2n) is 9.30. The van der Waals surface area contributed by atoms with E-state index in [0.717, 1.165) is 25.9 Å². The molecule has 29 heavy (non-hydrogen) atoms. The molecule has 4 rings (SSSR count). The van der Waals surface area contributed by atoms with Gasteiger partial charge in [-0.25, -0.2) is 0 Å². The molecule has 1 saturated carbocycles. The fourth-order valence-electron chi connectivity index (χ4n) is 4.32. The Hall–Kier alpha value is -1.93. The standard InChI is InChI=1S/C21H30N4O3S/c1-5-14-6-7-17(29-14)18(27)22-15-8-12-10-25(11-13(12)9-16(15)26)20-24-23-19(28-20)21(2,3)4/h6-7,12-13,15-16,26H,5,8-11H2,1-4H3,(H,22,27)/t12-,13+,15-,16-/m0/s1. The number of fused-ring (bicyclic) bond motifs is 1. The van der Waals surface area contributed by atoms with E-state index in [-0.39, 0.29) is 17.4 Å². The zero-order valence-corrected chi connectivity index (χ0v) is 18.3. The van der Waals surface area contributed by atoms with Crippen LogP contribution in [-0.4, -0.2) is 46.4 Å². The van der Waals surface area contributed by atoms with Crippen LogP contribution >= 0.6 is 11.3 Å². The van der Waals surface area contributed by atoms with Gasteiger partial charge in [-0.2, -0.15) is 0 Å². The molecule has 3 heterocycles. The van der Waals surface area contributed by atoms with Crippen molar-refractivity contribution in [2.24, 2.45) is 11.8 Å². The molecular formula is C21H30N4O3S. The van der Waals surface area contributed by atoms with E-state index in [1.165, 1.54) is 16.2 Å². The van der Waals surface area contributed by atoms with Crippen molar-refractivity contribution < 1.29 is 14.3 Å². The van der Waals surface area contributed by atoms with Crippen LogP contribution in [0.15, 0.2) is 16.5 Å². The van der Waals surface area contributed by atoms with Crippen LogP contribution in [0.3, 0.4) is 0 Å². The second kappa shape index (κ2) is 7.72. The molecule has 1 amide bonds. The maximum absolute atomic E-state index is 12.6. The molecule has 7 nitrogen and oxygen atoms in total. The van der Waals surface area contributed by atoms with E-state index in [1.807, 2.05) is 12.1 Å². The maximum atomic E-state index is 12.6. The number of aliphatic hydroxyl groups is 1. The largest absolute Gasteiger partial charge is 0.407 e. The van der Waals surface area contributed by atoms with Crippen LogP contribution in [0.2, 0.25) is 0 Å². The molecule has 1 saturated heterocycles. The second-order valence-corrected chi connectivity index (χ2v) is 10.5. The summed E-state index contributed by atoms with van der Waals surface area (Å²) in [7, 11) is 0. The summed E-state index contributed by atoms with van der Waals surface area (Å²) >= 11 is 1.52. The third-order valence-electron chi connectivity index (χ3n) is 6.02. The highest BCUT2D eigenvalue weighted by atomic mass is 32.1. The summed E-state index contributed by atoms with van der Waals surface area (Å²) in [5, 5.41) is 22.1. The van der Waals surface area contributed by atoms with Gasteiger partial charge in [-0.05, 0) is 43.2 Å². The first-order chi connectivity index (χ1) is 13.7. The maximum Gasteiger partial charge on any atom is 0.318 e. The molecule has 1 aliphatic heterocycles. The Labute approximate surface area is 175 Å². The molecule has 1 aliphatic carbocycles. The quantitative estimate of drug-likeness (QED) is 0.793. The topological polar surface area (TPSA) is 91.5 Å². The fourth-order valence-corrected chi connectivity index (χ4v) is 5.17. The Kier molecular flexibility index (Phi) is 5.42. The highest BCUT2D eigenvalue weighted by molar-refractivity contribution is 7.14. The summed E-state index contributed by atoms with van der Waals surface area (Å²) in [6.07, 6.45) is 1.84. The Morgan fingerprint density at radius 3 is 2.62 bits per heavy atom. The minimum atomic E-state index is -0.529. The van der Waals surface area contributed by atoms with Gasteiger partial charge < -0.3 is 19.7 Å². The van der Waals surface area contributed by atoms with Crippen molar-refractivity contribution >= 4 is 23.3 Å². The van der Waals surface area contributed by atoms with Crippen LogP contribution < -0.4 is 10.2 Å². The van der Waals surface area contributed by atoms with Crippen LogP contribution in [-0.2, 0) is 11.8 Å². The van der Waals surface area contributed by atoms with Gasteiger partial charge in [-0.15, -0.1) is 16.4 Å². The molecule has 0 aromatic carbocycles. The first-order valence-electron chi connectivity index (χ1n) is 10.4. The van der Waals surface area contributed by atoms with Gasteiger partial charge in [0, 0.05) is 23.4 Å². The average molecular weight is 419 g/mol. The van der Waals surface area contributed by atoms with Crippen molar-refractivity contribution in [1.29, 1.82) is 0 Å². The minimum Gasteiger partial charge on any atom is -0.407 e. The number of aliphatic hydroxyl groups excluding tert-OH is 1. The number of anilines is 1. The van der Waals surface area contributed by atoms with E-state index in [4.69, 9.17) is 4.42 Å². The van der Waals surface area contributed by atoms with Crippen molar-refractivity contribution in [3.05, 3.63) is 27.8 Å². The lowest BCUT2D eigenvalue weighted by Gasteiger charge is -2.35. The van der Waals surface area contributed by atoms with E-state index in [1.54, 1.807) is 0 Å². The molecule has 2 aliphatic rings. The summed E-state index contributed by atoms with van der Waals surface area (Å²) in [4.78, 5) is 16.6. The third kappa shape index (κ3) is 4.19. The van der Waals surface area contributed by atoms with Gasteiger partial charge in [0.1, 0.15) is 0 Å². The highest BCUT2D eigenvalue weighted by Crippen LogP contribution is 2.38. The van der Waals surface area contributed by atoms with Gasteiger partial charge in [-0.3, -0.25) is 4.79 Å². The van der Waals surface area contributed by atoms with Gasteiger partial charge in [0.15, 0.2) is 0 Å². The number of aryl methyl sites for hydroxylation is 1. The Morgan fingerprint density at radius 2 is 2.00 bits per heavy atom. The number of amides is 1. The molecule has 0 unspecified atom stereocenters. The van der Waals surface area contributed by atoms with Gasteiger partial charge in [0.05, 0.1) is 17.0 Å². The molecule has 8 heteroatoms. The molecule has 2 aromatic heterocycles. The molecule has 158 valence electrons. The molecule has 0 bridgehead atoms. The van der Waals surface area contributed by atoms with Crippen LogP contribution in [0.5, 0.6) is 0 Å². The molecule has 2 fully saturated rings. The highest BCUT2D eigenvalue weighted by Gasteiger charge is 2.43. The SMILES string of the molecule is CCc1ccc(C(=O)N[C@H]2C[C@H]3CN(c4nnc(C(C)(C)C)o4)C[C@H]3C[C@@H]2O)s1. The number of nitrogens with zero attached hydrogens (tertiary/aromatic N) is 3. The number of carbonyl (C=O) groups excluding carboxylic acids is 1. The predicted octanol–water partition coefficient (Wildman–Crippen LogP) is 3.00. The van der Waals surface area contributed by atoms with Crippen LogP contribution in [0.25, 0.3) is 0 Å². The van der Waals surface area contributed by atoms with Crippen molar-refractivity contribution in [3.63, 3.8) is 0 Å². The molecule has 0 spiro atoms. The summed E-state index contributed by atoms with van der Waals surface area (Å²) in [5.41, 5.74) is -0.178. The summed E-state index contributed by atoms with van der Waals surface area (Å²) in [6, 6.07) is 4.21. The number of nitrogens with one attached hydrogen (secondary N) is 1. The molecule has 0 radical (unpaired) electrons. The van der Waals surface area contributed by atoms with Crippen molar-refractivity contribution in [3.8, 4) is 0 Å². The van der Waals surface area contributed by atoms with E-state index in [2.05, 4.69) is 48.1 Å². The number of aromatic nitrogens is 2. The van der Waals surface area contributed by atoms with Crippen molar-refractivity contribution in [2.45, 2.75) is 64.5 Å². The Morgan fingerprint density at radius 1 is 1.28 bits per heavy atom. The first kappa shape index (κ1) is 20.3. The smallest absolute Gasteiger partial charge is 0.318 e. The number of carbonyl (C=O) groups is 1. The zero-order valence-electron chi connectivity index (χ0n) is 17.5. The van der Waals surface area contributed by atoms with Gasteiger partial charge in [0.25, 0.3) is 5.91 Å². The van der Waals surface area contributed by atoms with E-state index in [0.29, 0.717) is 35.0 Å². The lowest BCUT2D eigenvalue weighted by Crippen LogP contribution is -2.49. The molecule has 2 N–H and O–H groups in total. The van der Waals surface area contributed by atoms with E-state index >= 15 is 0 Å². The van der Waals surface area contributed by atoms with Crippen LogP contribution in [0, 0.1) is 11.8 Å². The van der Waals surface area contributed by atoms with E-state index in [9.17, 15) is 9.90 Å². The number of thiophene rings is 1. The Bertz CT molecular complexity index is 871. The van der Waals surface area contributed by atoms with Crippen LogP contribution in [0.1, 0.15) is 61.0 Å². The molecule has 4 atom stereocenters. The molecule has 2 aromatic rings. The summed E-state index contributed by atoms with van der Waals surface area (Å²) in [5.74, 6) is 1.31. The van der Waals surface area contributed by atoms with E-state index < -0.39 is 6.10 Å². The zero-order chi connectivity index (χ0) is 20.8. The lowest BCUT2D eigenvalue weighted by molar-refractivity contribution is 0.0463. The minimum absolute atomic E-state index is 0.0845. The normalized spacial score (nSPS) is 27.1. The fraction of sp³-hybridized carbons (Fsp3) is 0.667. The molecular weight excluding hydrogens is 388 g/mol. The third-order valence-corrected chi connectivity index (χ3v) is 7.25. The monoisotopic (exact) mass is 418 g/mol. The average Bonchev–Trinajstić information content (AvgIpc) is 3.39. The van der Waals surface area contributed by atoms with Crippen molar-refractivity contribution in [1.82, 2.24) is 15.5 Å². The van der Waals surface area contributed by atoms with Gasteiger partial charge in [0.2, 0.25) is 5.89 Å². The predicted molar refractivity (Wildman–Crippen MR) is 112 cm³/mol. The van der Waals surface area contributed by atoms with Gasteiger partial charge in [-0.1, -0.05) is 32.8 Å². The summed E-state index contributed by atoms with van der Waals surface area (Å²) < 4.78 is 5.90. The van der Waals surface area contributed by atoms with Gasteiger partial charge >= 0.3 is 6.01 Å². The van der Waals surface area contributed by atoms with Crippen molar-refractivity contribution in [2.75, 3.05) is 18.0 Å². The Balaban J connectivity index is 1.40. The number of rotatable bonds is 4. The first-order valence-corrected chi connectivity index (χ1v) is 11.2. The number of hydrogen-bond donors (Lipinski definition) is 2. The summed E-state index contributed by atoms with van der Waals surface area (Å²) in [6.45, 7) is 9.85. The lowest BCUT2D eigenvalue weighted by atomic mass is 9.77.